The highest BCUT2D eigenvalue weighted by Crippen LogP contribution is 2.39. The fourth-order valence-electron chi connectivity index (χ4n) is 1.36. The van der Waals surface area contributed by atoms with Crippen LogP contribution in [-0.2, 0) is 0 Å². The number of hydrogen-bond acceptors (Lipinski definition) is 4. The molecule has 1 fully saturated rings. The number of rotatable bonds is 1. The van der Waals surface area contributed by atoms with Crippen LogP contribution >= 0.6 is 0 Å². The maximum Gasteiger partial charge on any atom is 0.199 e. The molecule has 0 spiro atoms. The number of nitrogen functional groups attached to an aromatic ring is 1. The summed E-state index contributed by atoms with van der Waals surface area (Å²) in [6.45, 7) is 0. The Bertz CT molecular complexity index is 417. The fraction of sp³-hybridized carbons (Fsp3) is 0.375. The second-order valence-electron chi connectivity index (χ2n) is 3.36. The number of aromatic nitrogens is 4. The molecule has 3 aliphatic rings. The van der Waals surface area contributed by atoms with Gasteiger partial charge < -0.3 is 10.7 Å². The second-order valence-corrected chi connectivity index (χ2v) is 3.36. The molecule has 0 amide bonds. The molecule has 0 radical (unpaired) electrons. The third-order valence-corrected chi connectivity index (χ3v) is 2.22. The topological polar surface area (TPSA) is 80.5 Å². The van der Waals surface area contributed by atoms with Gasteiger partial charge in [-0.1, -0.05) is 0 Å². The van der Waals surface area contributed by atoms with Gasteiger partial charge >= 0.3 is 0 Å². The molecule has 2 heterocycles. The minimum atomic E-state index is 0.384. The smallest absolute Gasteiger partial charge is 0.199 e. The number of fused-ring (bicyclic) bond motifs is 1. The summed E-state index contributed by atoms with van der Waals surface area (Å²) < 4.78 is 0. The summed E-state index contributed by atoms with van der Waals surface area (Å²) in [5.41, 5.74) is 6.29. The van der Waals surface area contributed by atoms with Crippen LogP contribution in [0.1, 0.15) is 24.6 Å². The molecular weight excluding hydrogens is 166 g/mol. The van der Waals surface area contributed by atoms with Gasteiger partial charge in [0.05, 0.1) is 6.20 Å². The van der Waals surface area contributed by atoms with Crippen molar-refractivity contribution in [3.8, 4) is 11.5 Å². The Morgan fingerprint density at radius 1 is 1.38 bits per heavy atom. The Morgan fingerprint density at radius 2 is 2.23 bits per heavy atom. The lowest BCUT2D eigenvalue weighted by molar-refractivity contribution is 0.979. The molecule has 0 saturated heterocycles. The number of aromatic amines is 1. The van der Waals surface area contributed by atoms with Gasteiger partial charge in [0.2, 0.25) is 0 Å². The predicted octanol–water partition coefficient (Wildman–Crippen LogP) is 0.764. The third kappa shape index (κ3) is 1.04. The quantitative estimate of drug-likeness (QED) is 0.670. The molecule has 5 nitrogen and oxygen atoms in total. The highest BCUT2D eigenvalue weighted by atomic mass is 15.1. The molecule has 66 valence electrons. The van der Waals surface area contributed by atoms with Crippen molar-refractivity contribution in [3.63, 3.8) is 0 Å². The summed E-state index contributed by atoms with van der Waals surface area (Å²) in [4.78, 5) is 15.5. The number of nitrogens with zero attached hydrogens (tertiary/aromatic N) is 3. The largest absolute Gasteiger partial charge is 0.369 e. The van der Waals surface area contributed by atoms with Crippen LogP contribution in [0.25, 0.3) is 11.5 Å². The molecule has 2 aliphatic heterocycles. The Kier molecular flexibility index (Phi) is 1.15. The van der Waals surface area contributed by atoms with E-state index in [2.05, 4.69) is 19.9 Å². The summed E-state index contributed by atoms with van der Waals surface area (Å²) in [6, 6.07) is 0. The van der Waals surface area contributed by atoms with E-state index in [1.165, 1.54) is 12.8 Å². The Hall–Kier alpha value is -1.65. The van der Waals surface area contributed by atoms with Crippen molar-refractivity contribution in [1.29, 1.82) is 0 Å². The monoisotopic (exact) mass is 175 g/mol. The van der Waals surface area contributed by atoms with E-state index < -0.39 is 0 Å². The van der Waals surface area contributed by atoms with E-state index in [0.717, 1.165) is 17.3 Å². The average Bonchev–Trinajstić information content (AvgIpc) is 2.87. The SMILES string of the molecule is Nc1ncc2nc(C3CC3)nc-2[nH]1. The van der Waals surface area contributed by atoms with E-state index in [0.29, 0.717) is 11.9 Å². The molecule has 0 bridgehead atoms. The van der Waals surface area contributed by atoms with Gasteiger partial charge in [-0.2, -0.15) is 0 Å². The zero-order valence-electron chi connectivity index (χ0n) is 6.99. The number of imidazole rings is 1. The molecule has 0 atom stereocenters. The van der Waals surface area contributed by atoms with Gasteiger partial charge in [-0.05, 0) is 12.8 Å². The molecule has 0 aromatic carbocycles. The van der Waals surface area contributed by atoms with Gasteiger partial charge in [0.1, 0.15) is 11.5 Å². The molecule has 0 aromatic heterocycles. The van der Waals surface area contributed by atoms with Crippen LogP contribution < -0.4 is 5.73 Å². The van der Waals surface area contributed by atoms with Crippen molar-refractivity contribution in [2.24, 2.45) is 0 Å². The Morgan fingerprint density at radius 3 is 3.00 bits per heavy atom. The van der Waals surface area contributed by atoms with E-state index in [-0.39, 0.29) is 0 Å². The summed E-state index contributed by atoms with van der Waals surface area (Å²) in [5.74, 6) is 2.63. The fourth-order valence-corrected chi connectivity index (χ4v) is 1.36. The zero-order valence-corrected chi connectivity index (χ0v) is 6.99. The lowest BCUT2D eigenvalue weighted by Gasteiger charge is -1.94. The van der Waals surface area contributed by atoms with E-state index in [1.54, 1.807) is 6.20 Å². The zero-order chi connectivity index (χ0) is 8.84. The molecule has 0 unspecified atom stereocenters. The summed E-state index contributed by atoms with van der Waals surface area (Å²) in [7, 11) is 0. The first-order valence-corrected chi connectivity index (χ1v) is 4.31. The summed E-state index contributed by atoms with van der Waals surface area (Å²) >= 11 is 0. The first kappa shape index (κ1) is 6.82. The van der Waals surface area contributed by atoms with Crippen LogP contribution in [0.15, 0.2) is 6.20 Å². The predicted molar refractivity (Wildman–Crippen MR) is 47.2 cm³/mol. The van der Waals surface area contributed by atoms with Gasteiger partial charge in [-0.15, -0.1) is 0 Å². The molecule has 1 aliphatic carbocycles. The van der Waals surface area contributed by atoms with Crippen LogP contribution in [0.4, 0.5) is 5.95 Å². The highest BCUT2D eigenvalue weighted by molar-refractivity contribution is 5.52. The van der Waals surface area contributed by atoms with Gasteiger partial charge in [0.15, 0.2) is 11.8 Å². The number of hydrogen-bond donors (Lipinski definition) is 2. The molecule has 13 heavy (non-hydrogen) atoms. The van der Waals surface area contributed by atoms with Gasteiger partial charge in [-0.3, -0.25) is 0 Å². The highest BCUT2D eigenvalue weighted by Gasteiger charge is 2.29. The normalized spacial score (nSPS) is 16.6. The van der Waals surface area contributed by atoms with Crippen molar-refractivity contribution < 1.29 is 0 Å². The maximum atomic E-state index is 5.49. The standard InChI is InChI=1S/C8H9N5/c9-8-10-3-5-7(13-8)12-6(11-5)4-1-2-4/h3-4H,1-2H2,(H3,9,10,11,12,13). The van der Waals surface area contributed by atoms with E-state index in [1.807, 2.05) is 0 Å². The Balaban J connectivity index is 2.16. The number of nitrogens with two attached hydrogens (primary N) is 1. The van der Waals surface area contributed by atoms with Crippen LogP contribution in [0.3, 0.4) is 0 Å². The number of nitrogens with one attached hydrogen (secondary N) is 1. The summed E-state index contributed by atoms with van der Waals surface area (Å²) in [5, 5.41) is 0. The van der Waals surface area contributed by atoms with Crippen LogP contribution in [0.5, 0.6) is 0 Å². The molecule has 5 heteroatoms. The van der Waals surface area contributed by atoms with Gasteiger partial charge in [-0.25, -0.2) is 15.0 Å². The van der Waals surface area contributed by atoms with E-state index >= 15 is 0 Å². The summed E-state index contributed by atoms with van der Waals surface area (Å²) in [6.07, 6.45) is 4.07. The number of anilines is 1. The van der Waals surface area contributed by atoms with Crippen LogP contribution in [0, 0.1) is 0 Å². The van der Waals surface area contributed by atoms with E-state index in [4.69, 9.17) is 5.73 Å². The van der Waals surface area contributed by atoms with Crippen molar-refractivity contribution >= 4 is 5.95 Å². The molecule has 1 saturated carbocycles. The minimum Gasteiger partial charge on any atom is -0.369 e. The van der Waals surface area contributed by atoms with Crippen molar-refractivity contribution in [1.82, 2.24) is 19.9 Å². The minimum absolute atomic E-state index is 0.384. The average molecular weight is 175 g/mol. The van der Waals surface area contributed by atoms with E-state index in [9.17, 15) is 0 Å². The number of H-pyrrole nitrogens is 1. The second kappa shape index (κ2) is 2.18. The first-order valence-electron chi connectivity index (χ1n) is 4.31. The first-order chi connectivity index (χ1) is 6.33. The third-order valence-electron chi connectivity index (χ3n) is 2.22. The Labute approximate surface area is 74.8 Å². The van der Waals surface area contributed by atoms with Crippen molar-refractivity contribution in [3.05, 3.63) is 12.0 Å². The van der Waals surface area contributed by atoms with Crippen molar-refractivity contribution in [2.75, 3.05) is 5.73 Å². The van der Waals surface area contributed by atoms with Crippen molar-refractivity contribution in [2.45, 2.75) is 18.8 Å². The van der Waals surface area contributed by atoms with Crippen LogP contribution in [0.2, 0.25) is 0 Å². The molecule has 3 rings (SSSR count). The van der Waals surface area contributed by atoms with Gasteiger partial charge in [0, 0.05) is 5.92 Å². The lowest BCUT2D eigenvalue weighted by Crippen LogP contribution is -1.96. The maximum absolute atomic E-state index is 5.49. The van der Waals surface area contributed by atoms with Crippen LogP contribution in [-0.4, -0.2) is 19.9 Å². The molecular formula is C8H9N5. The lowest BCUT2D eigenvalue weighted by atomic mass is 10.4. The van der Waals surface area contributed by atoms with Gasteiger partial charge in [0.25, 0.3) is 0 Å². The molecule has 3 N–H and O–H groups in total. The molecule has 0 aromatic rings.